The molecule has 1 aromatic carbocycles. The first kappa shape index (κ1) is 15.5. The zero-order chi connectivity index (χ0) is 15.1. The maximum absolute atomic E-state index is 5.98. The Kier molecular flexibility index (Phi) is 5.76. The van der Waals surface area contributed by atoms with E-state index in [1.807, 2.05) is 18.2 Å². The van der Waals surface area contributed by atoms with E-state index in [0.29, 0.717) is 11.8 Å². The van der Waals surface area contributed by atoms with Crippen LogP contribution in [-0.4, -0.2) is 11.5 Å². The molecule has 0 saturated heterocycles. The second kappa shape index (κ2) is 7.79. The second-order valence-electron chi connectivity index (χ2n) is 5.47. The van der Waals surface area contributed by atoms with Gasteiger partial charge in [0.2, 0.25) is 5.88 Å². The average molecular weight is 284 g/mol. The molecule has 2 rings (SSSR count). The highest BCUT2D eigenvalue weighted by Gasteiger charge is 2.07. The lowest BCUT2D eigenvalue weighted by Gasteiger charge is -2.12. The van der Waals surface area contributed by atoms with Gasteiger partial charge in [0, 0.05) is 18.3 Å². The number of nitrogens with one attached hydrogen (secondary N) is 1. The molecule has 1 N–H and O–H groups in total. The lowest BCUT2D eigenvalue weighted by Crippen LogP contribution is -2.14. The molecule has 0 fully saturated rings. The van der Waals surface area contributed by atoms with Gasteiger partial charge in [0.05, 0.1) is 0 Å². The first-order valence-corrected chi connectivity index (χ1v) is 7.63. The van der Waals surface area contributed by atoms with Crippen molar-refractivity contribution in [2.75, 3.05) is 6.54 Å². The van der Waals surface area contributed by atoms with E-state index in [4.69, 9.17) is 4.74 Å². The average Bonchev–Trinajstić information content (AvgIpc) is 2.49. The van der Waals surface area contributed by atoms with Gasteiger partial charge >= 0.3 is 0 Å². The highest BCUT2D eigenvalue weighted by atomic mass is 16.5. The van der Waals surface area contributed by atoms with Gasteiger partial charge in [0.15, 0.2) is 0 Å². The molecule has 2 aromatic rings. The summed E-state index contributed by atoms with van der Waals surface area (Å²) in [5.41, 5.74) is 2.36. The normalized spacial score (nSPS) is 10.9. The predicted octanol–water partition coefficient (Wildman–Crippen LogP) is 4.50. The molecule has 0 bridgehead atoms. The minimum Gasteiger partial charge on any atom is -0.439 e. The molecule has 1 heterocycles. The molecule has 0 aliphatic rings. The van der Waals surface area contributed by atoms with Crippen molar-refractivity contribution in [3.63, 3.8) is 0 Å². The van der Waals surface area contributed by atoms with E-state index in [1.54, 1.807) is 6.20 Å². The van der Waals surface area contributed by atoms with E-state index in [2.05, 4.69) is 49.3 Å². The maximum Gasteiger partial charge on any atom is 0.223 e. The number of hydrogen-bond acceptors (Lipinski definition) is 3. The van der Waals surface area contributed by atoms with Crippen LogP contribution >= 0.6 is 0 Å². The number of rotatable bonds is 7. The van der Waals surface area contributed by atoms with Gasteiger partial charge in [-0.2, -0.15) is 0 Å². The van der Waals surface area contributed by atoms with E-state index in [-0.39, 0.29) is 0 Å². The molecule has 21 heavy (non-hydrogen) atoms. The fourth-order valence-corrected chi connectivity index (χ4v) is 2.10. The first-order chi connectivity index (χ1) is 10.2. The minimum absolute atomic E-state index is 0.489. The summed E-state index contributed by atoms with van der Waals surface area (Å²) in [7, 11) is 0. The standard InChI is InChI=1S/C18H24N2O/c1-4-10-19-13-16-8-6-11-20-18(16)21-17-9-5-7-15(12-17)14(2)3/h5-9,11-12,14,19H,4,10,13H2,1-3H3. The molecule has 0 aliphatic carbocycles. The number of nitrogens with zero attached hydrogens (tertiary/aromatic N) is 1. The van der Waals surface area contributed by atoms with E-state index in [9.17, 15) is 0 Å². The number of ether oxygens (including phenoxy) is 1. The van der Waals surface area contributed by atoms with Crippen molar-refractivity contribution in [1.82, 2.24) is 10.3 Å². The molecule has 0 saturated carbocycles. The quantitative estimate of drug-likeness (QED) is 0.760. The van der Waals surface area contributed by atoms with Crippen LogP contribution in [0.3, 0.4) is 0 Å². The Hall–Kier alpha value is -1.87. The van der Waals surface area contributed by atoms with Gasteiger partial charge in [-0.15, -0.1) is 0 Å². The van der Waals surface area contributed by atoms with E-state index in [1.165, 1.54) is 5.56 Å². The summed E-state index contributed by atoms with van der Waals surface area (Å²) >= 11 is 0. The summed E-state index contributed by atoms with van der Waals surface area (Å²) in [5.74, 6) is 2.02. The van der Waals surface area contributed by atoms with Crippen molar-refractivity contribution < 1.29 is 4.74 Å². The largest absolute Gasteiger partial charge is 0.439 e. The second-order valence-corrected chi connectivity index (χ2v) is 5.47. The van der Waals surface area contributed by atoms with E-state index < -0.39 is 0 Å². The van der Waals surface area contributed by atoms with E-state index in [0.717, 1.165) is 30.8 Å². The van der Waals surface area contributed by atoms with Crippen LogP contribution < -0.4 is 10.1 Å². The van der Waals surface area contributed by atoms with Crippen molar-refractivity contribution >= 4 is 0 Å². The Morgan fingerprint density at radius 3 is 2.81 bits per heavy atom. The molecule has 0 atom stereocenters. The number of hydrogen-bond donors (Lipinski definition) is 1. The van der Waals surface area contributed by atoms with Gasteiger partial charge in [0.1, 0.15) is 5.75 Å². The molecule has 1 aromatic heterocycles. The Morgan fingerprint density at radius 1 is 1.19 bits per heavy atom. The van der Waals surface area contributed by atoms with Crippen LogP contribution in [-0.2, 0) is 6.54 Å². The van der Waals surface area contributed by atoms with Gasteiger partial charge in [-0.05, 0) is 42.6 Å². The Labute approximate surface area is 127 Å². The lowest BCUT2D eigenvalue weighted by molar-refractivity contribution is 0.452. The Morgan fingerprint density at radius 2 is 2.05 bits per heavy atom. The summed E-state index contributed by atoms with van der Waals surface area (Å²) < 4.78 is 5.98. The highest BCUT2D eigenvalue weighted by Crippen LogP contribution is 2.26. The van der Waals surface area contributed by atoms with Crippen LogP contribution in [0.25, 0.3) is 0 Å². The van der Waals surface area contributed by atoms with Crippen molar-refractivity contribution in [3.8, 4) is 11.6 Å². The summed E-state index contributed by atoms with van der Waals surface area (Å²) in [6.45, 7) is 8.29. The van der Waals surface area contributed by atoms with Crippen molar-refractivity contribution in [2.24, 2.45) is 0 Å². The van der Waals surface area contributed by atoms with Crippen LogP contribution in [0.4, 0.5) is 0 Å². The van der Waals surface area contributed by atoms with Gasteiger partial charge in [-0.1, -0.05) is 39.0 Å². The van der Waals surface area contributed by atoms with Crippen LogP contribution in [0.15, 0.2) is 42.6 Å². The summed E-state index contributed by atoms with van der Waals surface area (Å²) in [4.78, 5) is 4.37. The van der Waals surface area contributed by atoms with Crippen LogP contribution in [0, 0.1) is 0 Å². The Bertz CT molecular complexity index is 567. The van der Waals surface area contributed by atoms with Crippen LogP contribution in [0.2, 0.25) is 0 Å². The molecule has 0 spiro atoms. The molecule has 0 unspecified atom stereocenters. The smallest absolute Gasteiger partial charge is 0.223 e. The zero-order valence-electron chi connectivity index (χ0n) is 13.1. The fraction of sp³-hybridized carbons (Fsp3) is 0.389. The molecule has 0 amide bonds. The summed E-state index contributed by atoms with van der Waals surface area (Å²) in [6.07, 6.45) is 2.89. The van der Waals surface area contributed by atoms with Gasteiger partial charge < -0.3 is 10.1 Å². The molecule has 3 heteroatoms. The van der Waals surface area contributed by atoms with E-state index >= 15 is 0 Å². The Balaban J connectivity index is 2.13. The minimum atomic E-state index is 0.489. The van der Waals surface area contributed by atoms with Crippen molar-refractivity contribution in [3.05, 3.63) is 53.7 Å². The van der Waals surface area contributed by atoms with Crippen LogP contribution in [0.1, 0.15) is 44.2 Å². The third-order valence-electron chi connectivity index (χ3n) is 3.33. The SMILES string of the molecule is CCCNCc1cccnc1Oc1cccc(C(C)C)c1. The molecule has 3 nitrogen and oxygen atoms in total. The fourth-order valence-electron chi connectivity index (χ4n) is 2.10. The first-order valence-electron chi connectivity index (χ1n) is 7.63. The highest BCUT2D eigenvalue weighted by molar-refractivity contribution is 5.35. The zero-order valence-corrected chi connectivity index (χ0v) is 13.1. The van der Waals surface area contributed by atoms with Crippen LogP contribution in [0.5, 0.6) is 11.6 Å². The maximum atomic E-state index is 5.98. The molecular weight excluding hydrogens is 260 g/mol. The lowest BCUT2D eigenvalue weighted by atomic mass is 10.0. The molecular formula is C18H24N2O. The third-order valence-corrected chi connectivity index (χ3v) is 3.33. The monoisotopic (exact) mass is 284 g/mol. The number of pyridine rings is 1. The molecule has 0 aliphatic heterocycles. The predicted molar refractivity (Wildman–Crippen MR) is 86.8 cm³/mol. The van der Waals surface area contributed by atoms with Crippen molar-refractivity contribution in [2.45, 2.75) is 39.7 Å². The third kappa shape index (κ3) is 4.57. The summed E-state index contributed by atoms with van der Waals surface area (Å²) in [5, 5.41) is 3.39. The molecule has 112 valence electrons. The van der Waals surface area contributed by atoms with Gasteiger partial charge in [0.25, 0.3) is 0 Å². The molecule has 0 radical (unpaired) electrons. The topological polar surface area (TPSA) is 34.2 Å². The van der Waals surface area contributed by atoms with Gasteiger partial charge in [-0.3, -0.25) is 0 Å². The van der Waals surface area contributed by atoms with Crippen molar-refractivity contribution in [1.29, 1.82) is 0 Å². The summed E-state index contributed by atoms with van der Waals surface area (Å²) in [6, 6.07) is 12.2. The van der Waals surface area contributed by atoms with Gasteiger partial charge in [-0.25, -0.2) is 4.98 Å². The number of benzene rings is 1. The number of aromatic nitrogens is 1.